The van der Waals surface area contributed by atoms with Crippen LogP contribution in [-0.4, -0.2) is 17.9 Å². The normalized spacial score (nSPS) is 33.2. The molecule has 0 amide bonds. The summed E-state index contributed by atoms with van der Waals surface area (Å²) in [6.07, 6.45) is 3.65. The molecule has 0 spiro atoms. The fourth-order valence-electron chi connectivity index (χ4n) is 2.64. The molecular formula is C12H25NO. The molecule has 1 aliphatic rings. The molecule has 0 bridgehead atoms. The fourth-order valence-corrected chi connectivity index (χ4v) is 2.64. The summed E-state index contributed by atoms with van der Waals surface area (Å²) in [6.45, 7) is 11.2. The molecule has 84 valence electrons. The van der Waals surface area contributed by atoms with Gasteiger partial charge in [0.1, 0.15) is 6.23 Å². The molecule has 1 heterocycles. The molecule has 0 radical (unpaired) electrons. The van der Waals surface area contributed by atoms with E-state index >= 15 is 0 Å². The van der Waals surface area contributed by atoms with Crippen LogP contribution in [0.2, 0.25) is 0 Å². The van der Waals surface area contributed by atoms with Crippen molar-refractivity contribution in [3.8, 4) is 0 Å². The van der Waals surface area contributed by atoms with E-state index in [9.17, 15) is 0 Å². The zero-order valence-electron chi connectivity index (χ0n) is 10.3. The summed E-state index contributed by atoms with van der Waals surface area (Å²) in [5.41, 5.74) is 0.0782. The lowest BCUT2D eigenvalue weighted by Crippen LogP contribution is -2.47. The van der Waals surface area contributed by atoms with Crippen LogP contribution in [0.1, 0.15) is 53.9 Å². The molecule has 0 saturated carbocycles. The average molecular weight is 199 g/mol. The van der Waals surface area contributed by atoms with Crippen molar-refractivity contribution in [2.24, 2.45) is 5.92 Å². The molecule has 1 fully saturated rings. The SMILES string of the molecule is CCC(C)[C@@H]1N[C@H](C)OC1(CC)CC. The molecule has 1 saturated heterocycles. The summed E-state index contributed by atoms with van der Waals surface area (Å²) in [5, 5.41) is 3.58. The number of ether oxygens (including phenoxy) is 1. The summed E-state index contributed by atoms with van der Waals surface area (Å²) in [6, 6.07) is 0.525. The molecular weight excluding hydrogens is 174 g/mol. The van der Waals surface area contributed by atoms with Crippen LogP contribution in [0.3, 0.4) is 0 Å². The maximum atomic E-state index is 6.07. The quantitative estimate of drug-likeness (QED) is 0.751. The second-order valence-corrected chi connectivity index (χ2v) is 4.56. The minimum Gasteiger partial charge on any atom is -0.356 e. The maximum Gasteiger partial charge on any atom is 0.106 e. The molecule has 0 aromatic heterocycles. The highest BCUT2D eigenvalue weighted by atomic mass is 16.5. The average Bonchev–Trinajstić information content (AvgIpc) is 2.55. The highest BCUT2D eigenvalue weighted by Crippen LogP contribution is 2.36. The van der Waals surface area contributed by atoms with E-state index in [4.69, 9.17) is 4.74 Å². The predicted octanol–water partition coefficient (Wildman–Crippen LogP) is 2.93. The molecule has 3 atom stereocenters. The summed E-state index contributed by atoms with van der Waals surface area (Å²) in [5.74, 6) is 0.694. The molecule has 1 unspecified atom stereocenters. The van der Waals surface area contributed by atoms with Gasteiger partial charge in [0.2, 0.25) is 0 Å². The lowest BCUT2D eigenvalue weighted by molar-refractivity contribution is -0.0523. The van der Waals surface area contributed by atoms with E-state index in [2.05, 4.69) is 39.9 Å². The van der Waals surface area contributed by atoms with Crippen molar-refractivity contribution in [2.75, 3.05) is 0 Å². The summed E-state index contributed by atoms with van der Waals surface area (Å²) < 4.78 is 6.07. The smallest absolute Gasteiger partial charge is 0.106 e. The van der Waals surface area contributed by atoms with E-state index < -0.39 is 0 Å². The molecule has 14 heavy (non-hydrogen) atoms. The van der Waals surface area contributed by atoms with E-state index in [1.807, 2.05) is 0 Å². The van der Waals surface area contributed by atoms with Gasteiger partial charge in [-0.05, 0) is 25.7 Å². The van der Waals surface area contributed by atoms with Gasteiger partial charge in [0.05, 0.1) is 5.60 Å². The van der Waals surface area contributed by atoms with E-state index in [0.29, 0.717) is 12.0 Å². The second kappa shape index (κ2) is 4.63. The first-order valence-electron chi connectivity index (χ1n) is 6.03. The van der Waals surface area contributed by atoms with Gasteiger partial charge >= 0.3 is 0 Å². The first-order valence-corrected chi connectivity index (χ1v) is 6.03. The lowest BCUT2D eigenvalue weighted by atomic mass is 9.81. The Morgan fingerprint density at radius 2 is 1.86 bits per heavy atom. The number of hydrogen-bond acceptors (Lipinski definition) is 2. The van der Waals surface area contributed by atoms with E-state index in [-0.39, 0.29) is 11.8 Å². The molecule has 1 aliphatic heterocycles. The third kappa shape index (κ3) is 1.96. The van der Waals surface area contributed by atoms with Crippen LogP contribution in [0.15, 0.2) is 0 Å². The first kappa shape index (κ1) is 12.0. The number of hydrogen-bond donors (Lipinski definition) is 1. The molecule has 0 aliphatic carbocycles. The van der Waals surface area contributed by atoms with Gasteiger partial charge in [0.25, 0.3) is 0 Å². The van der Waals surface area contributed by atoms with Gasteiger partial charge in [-0.2, -0.15) is 0 Å². The Morgan fingerprint density at radius 1 is 1.29 bits per heavy atom. The molecule has 1 N–H and O–H groups in total. The van der Waals surface area contributed by atoms with Crippen LogP contribution in [0.5, 0.6) is 0 Å². The zero-order chi connectivity index (χ0) is 10.8. The van der Waals surface area contributed by atoms with Gasteiger partial charge < -0.3 is 4.74 Å². The number of rotatable bonds is 4. The number of nitrogens with one attached hydrogen (secondary N) is 1. The van der Waals surface area contributed by atoms with Crippen molar-refractivity contribution in [2.45, 2.75) is 71.8 Å². The highest BCUT2D eigenvalue weighted by molar-refractivity contribution is 4.99. The summed E-state index contributed by atoms with van der Waals surface area (Å²) >= 11 is 0. The van der Waals surface area contributed by atoms with Crippen LogP contribution in [0.25, 0.3) is 0 Å². The minimum atomic E-state index is 0.0782. The second-order valence-electron chi connectivity index (χ2n) is 4.56. The Kier molecular flexibility index (Phi) is 3.96. The predicted molar refractivity (Wildman–Crippen MR) is 60.2 cm³/mol. The van der Waals surface area contributed by atoms with Crippen molar-refractivity contribution in [3.63, 3.8) is 0 Å². The molecule has 0 aromatic rings. The third-order valence-electron chi connectivity index (χ3n) is 3.80. The standard InChI is InChI=1S/C12H25NO/c1-6-9(4)11-12(7-2,8-3)14-10(5)13-11/h9-11,13H,6-8H2,1-5H3/t9?,10-,11-/m0/s1. The largest absolute Gasteiger partial charge is 0.356 e. The van der Waals surface area contributed by atoms with Gasteiger partial charge in [-0.3, -0.25) is 5.32 Å². The first-order chi connectivity index (χ1) is 6.59. The van der Waals surface area contributed by atoms with Crippen LogP contribution >= 0.6 is 0 Å². The van der Waals surface area contributed by atoms with Crippen LogP contribution in [0, 0.1) is 5.92 Å². The van der Waals surface area contributed by atoms with Gasteiger partial charge in [-0.15, -0.1) is 0 Å². The zero-order valence-corrected chi connectivity index (χ0v) is 10.3. The van der Waals surface area contributed by atoms with E-state index in [0.717, 1.165) is 12.8 Å². The Balaban J connectivity index is 2.80. The monoisotopic (exact) mass is 199 g/mol. The van der Waals surface area contributed by atoms with Gasteiger partial charge in [-0.1, -0.05) is 34.1 Å². The van der Waals surface area contributed by atoms with Crippen LogP contribution in [-0.2, 0) is 4.74 Å². The fraction of sp³-hybridized carbons (Fsp3) is 1.00. The van der Waals surface area contributed by atoms with Crippen molar-refractivity contribution in [3.05, 3.63) is 0 Å². The third-order valence-corrected chi connectivity index (χ3v) is 3.80. The Hall–Kier alpha value is -0.0800. The van der Waals surface area contributed by atoms with Gasteiger partial charge in [0.15, 0.2) is 0 Å². The van der Waals surface area contributed by atoms with E-state index in [1.54, 1.807) is 0 Å². The Bertz CT molecular complexity index is 177. The summed E-state index contributed by atoms with van der Waals surface area (Å²) in [4.78, 5) is 0. The van der Waals surface area contributed by atoms with Gasteiger partial charge in [-0.25, -0.2) is 0 Å². The highest BCUT2D eigenvalue weighted by Gasteiger charge is 2.46. The van der Waals surface area contributed by atoms with Crippen LogP contribution < -0.4 is 5.32 Å². The van der Waals surface area contributed by atoms with Crippen LogP contribution in [0.4, 0.5) is 0 Å². The van der Waals surface area contributed by atoms with Crippen molar-refractivity contribution in [1.29, 1.82) is 0 Å². The van der Waals surface area contributed by atoms with Crippen molar-refractivity contribution in [1.82, 2.24) is 5.32 Å². The van der Waals surface area contributed by atoms with Gasteiger partial charge in [0, 0.05) is 6.04 Å². The lowest BCUT2D eigenvalue weighted by Gasteiger charge is -2.35. The maximum absolute atomic E-state index is 6.07. The van der Waals surface area contributed by atoms with Crippen molar-refractivity contribution >= 4 is 0 Å². The summed E-state index contributed by atoms with van der Waals surface area (Å²) in [7, 11) is 0. The molecule has 0 aromatic carbocycles. The van der Waals surface area contributed by atoms with E-state index in [1.165, 1.54) is 6.42 Å². The molecule has 2 heteroatoms. The topological polar surface area (TPSA) is 21.3 Å². The molecule has 2 nitrogen and oxygen atoms in total. The molecule has 1 rings (SSSR count). The van der Waals surface area contributed by atoms with Crippen molar-refractivity contribution < 1.29 is 4.74 Å². The Labute approximate surface area is 88.4 Å². The Morgan fingerprint density at radius 3 is 2.29 bits per heavy atom. The minimum absolute atomic E-state index is 0.0782.